The van der Waals surface area contributed by atoms with Gasteiger partial charge in [-0.05, 0) is 123 Å². The average molecular weight is 1190 g/mol. The molecule has 6 aromatic rings. The molecule has 0 radical (unpaired) electrons. The van der Waals surface area contributed by atoms with Gasteiger partial charge in [-0.3, -0.25) is 4.79 Å². The van der Waals surface area contributed by atoms with E-state index >= 15 is 0 Å². The van der Waals surface area contributed by atoms with Crippen molar-refractivity contribution >= 4 is 53.8 Å². The van der Waals surface area contributed by atoms with Crippen LogP contribution in [0.4, 0.5) is 10.6 Å². The summed E-state index contributed by atoms with van der Waals surface area (Å²) in [6, 6.07) is 38.0. The summed E-state index contributed by atoms with van der Waals surface area (Å²) in [5.41, 5.74) is 3.05. The van der Waals surface area contributed by atoms with Crippen LogP contribution in [-0.4, -0.2) is 119 Å². The highest BCUT2D eigenvalue weighted by Gasteiger charge is 2.55. The number of hydrogen-bond donors (Lipinski definition) is 2. The second kappa shape index (κ2) is 28.7. The molecule has 0 saturated carbocycles. The van der Waals surface area contributed by atoms with Crippen LogP contribution >= 0.6 is 8.53 Å². The summed E-state index contributed by atoms with van der Waals surface area (Å²) < 4.78 is 58.4. The number of alkyl carbamates (subject to hydrolysis) is 1. The van der Waals surface area contributed by atoms with E-state index in [4.69, 9.17) is 47.1 Å². The van der Waals surface area contributed by atoms with Crippen molar-refractivity contribution in [2.45, 2.75) is 154 Å². The van der Waals surface area contributed by atoms with Crippen molar-refractivity contribution in [1.82, 2.24) is 24.5 Å². The van der Waals surface area contributed by atoms with Gasteiger partial charge in [-0.15, -0.1) is 0 Å². The zero-order chi connectivity index (χ0) is 60.1. The third-order valence-corrected chi connectivity index (χ3v) is 23.5. The first-order valence-corrected chi connectivity index (χ1v) is 36.4. The SMILES string of the molecule is COc1ccc(C(OC[C@H]2O[C@@H](n3cc(CCCNC(=O)OCC[Si](C)(C)C)c4c(NC(=O)c5ccccc5)ncnc43)[C@H](OP(OCCC#N)N(C(C)C)C(C)C)[C@@H]2O[Si](C)(C)C(C)(C)C)(c2ccccc2)c2ccc(OC)cc2)cc1. The number of aromatic nitrogens is 3. The quantitative estimate of drug-likeness (QED) is 0.0204. The minimum absolute atomic E-state index is 0.00692. The van der Waals surface area contributed by atoms with Gasteiger partial charge in [-0.25, -0.2) is 19.4 Å². The largest absolute Gasteiger partial charge is 0.497 e. The molecular formula is C63H86N7O10PSi2. The van der Waals surface area contributed by atoms with E-state index in [0.29, 0.717) is 59.9 Å². The lowest BCUT2D eigenvalue weighted by atomic mass is 9.80. The zero-order valence-electron chi connectivity index (χ0n) is 50.9. The van der Waals surface area contributed by atoms with Gasteiger partial charge in [0.15, 0.2) is 14.5 Å². The van der Waals surface area contributed by atoms with Gasteiger partial charge < -0.3 is 52.4 Å². The van der Waals surface area contributed by atoms with E-state index in [9.17, 15) is 14.9 Å². The molecule has 2 aromatic heterocycles. The lowest BCUT2D eigenvalue weighted by Gasteiger charge is -2.43. The lowest BCUT2D eigenvalue weighted by Crippen LogP contribution is -2.51. The Kier molecular flexibility index (Phi) is 22.3. The van der Waals surface area contributed by atoms with Gasteiger partial charge in [-0.2, -0.15) is 5.26 Å². The van der Waals surface area contributed by atoms with Crippen LogP contribution in [0.2, 0.25) is 43.8 Å². The number of carbonyl (C=O) groups is 2. The van der Waals surface area contributed by atoms with E-state index in [1.54, 1.807) is 26.4 Å². The van der Waals surface area contributed by atoms with Gasteiger partial charge in [0.05, 0.1) is 51.9 Å². The van der Waals surface area contributed by atoms with E-state index < -0.39 is 61.2 Å². The molecule has 1 saturated heterocycles. The summed E-state index contributed by atoms with van der Waals surface area (Å²) >= 11 is 0. The van der Waals surface area contributed by atoms with Crippen LogP contribution in [0, 0.1) is 11.3 Å². The molecule has 0 bridgehead atoms. The molecule has 17 nitrogen and oxygen atoms in total. The van der Waals surface area contributed by atoms with Crippen LogP contribution in [0.25, 0.3) is 11.0 Å². The molecule has 1 unspecified atom stereocenters. The molecule has 1 fully saturated rings. The van der Waals surface area contributed by atoms with Crippen LogP contribution in [0.3, 0.4) is 0 Å². The smallest absolute Gasteiger partial charge is 0.407 e. The Bertz CT molecular complexity index is 3020. The fraction of sp³-hybridized carbons (Fsp3) is 0.476. The zero-order valence-corrected chi connectivity index (χ0v) is 53.8. The highest BCUT2D eigenvalue weighted by Crippen LogP contribution is 2.53. The topological polar surface area (TPSA) is 190 Å². The number of nitriles is 1. The molecule has 5 atom stereocenters. The number of nitrogens with one attached hydrogen (secondary N) is 2. The molecule has 83 heavy (non-hydrogen) atoms. The van der Waals surface area contributed by atoms with Gasteiger partial charge in [0.2, 0.25) is 0 Å². The Balaban J connectivity index is 1.42. The second-order valence-electron chi connectivity index (χ2n) is 24.1. The number of aryl methyl sites for hydroxylation is 1. The van der Waals surface area contributed by atoms with Gasteiger partial charge >= 0.3 is 6.09 Å². The molecule has 446 valence electrons. The fourth-order valence-corrected chi connectivity index (χ4v) is 13.7. The fourth-order valence-electron chi connectivity index (χ4n) is 9.90. The summed E-state index contributed by atoms with van der Waals surface area (Å²) in [6.45, 7) is 27.0. The Labute approximate surface area is 494 Å². The molecule has 3 heterocycles. The van der Waals surface area contributed by atoms with Gasteiger partial charge in [0, 0.05) is 38.5 Å². The van der Waals surface area contributed by atoms with Crippen molar-refractivity contribution in [2.75, 3.05) is 45.9 Å². The normalized spacial score (nSPS) is 17.2. The first-order chi connectivity index (χ1) is 39.5. The predicted octanol–water partition coefficient (Wildman–Crippen LogP) is 13.7. The number of carbonyl (C=O) groups excluding carboxylic acids is 2. The van der Waals surface area contributed by atoms with E-state index in [0.717, 1.165) is 28.3 Å². The first-order valence-electron chi connectivity index (χ1n) is 28.7. The molecule has 1 aliphatic rings. The maximum atomic E-state index is 14.0. The maximum Gasteiger partial charge on any atom is 0.407 e. The lowest BCUT2D eigenvalue weighted by molar-refractivity contribution is -0.0927. The van der Waals surface area contributed by atoms with Gasteiger partial charge in [-0.1, -0.05) is 113 Å². The Morgan fingerprint density at radius 3 is 1.95 bits per heavy atom. The maximum absolute atomic E-state index is 14.0. The summed E-state index contributed by atoms with van der Waals surface area (Å²) in [7, 11) is -2.76. The summed E-state index contributed by atoms with van der Waals surface area (Å²) in [5, 5.41) is 16.2. The van der Waals surface area contributed by atoms with Gasteiger partial charge in [0.25, 0.3) is 14.4 Å². The number of rotatable bonds is 28. The Hall–Kier alpha value is -6.05. The number of anilines is 1. The molecule has 4 aromatic carbocycles. The first kappa shape index (κ1) is 64.5. The van der Waals surface area contributed by atoms with Gasteiger partial charge in [0.1, 0.15) is 53.2 Å². The molecule has 7 rings (SSSR count). The van der Waals surface area contributed by atoms with Crippen LogP contribution in [0.15, 0.2) is 122 Å². The number of methoxy groups -OCH3 is 2. The standard InChI is InChI=1S/C63H86N7O10PSi2/c1-44(2)70(45(3)4)81(77-38-22-36-64)79-56-55(80-83(13,14)62(5,6)7)53(42-76-63(48-26-19-16-20-27-48,49-28-32-51(73-8)33-29-49)50-30-34-52(74-9)35-31-50)78-60(56)69-41-47(25-21-37-65-61(72)75-39-40-82(10,11)12)54-57(66-43-67-58(54)69)68-59(71)46-23-17-15-18-24-46/h15-20,23-24,26-35,41,43-45,53,55-56,60H,21-22,25,37-40,42H2,1-14H3,(H,65,72)(H,66,67,68,71)/t53-,55-,56-,60-,81?/m1/s1. The summed E-state index contributed by atoms with van der Waals surface area (Å²) in [4.78, 5) is 36.7. The van der Waals surface area contributed by atoms with Crippen molar-refractivity contribution < 1.29 is 46.7 Å². The number of ether oxygens (including phenoxy) is 5. The highest BCUT2D eigenvalue weighted by atomic mass is 31.2. The molecule has 2 N–H and O–H groups in total. The number of hydrogen-bond acceptors (Lipinski definition) is 14. The van der Waals surface area contributed by atoms with Crippen LogP contribution in [-0.2, 0) is 39.7 Å². The number of benzene rings is 4. The number of amides is 2. The van der Waals surface area contributed by atoms with Crippen LogP contribution < -0.4 is 20.1 Å². The van der Waals surface area contributed by atoms with E-state index in [1.165, 1.54) is 6.33 Å². The molecular weight excluding hydrogens is 1100 g/mol. The minimum atomic E-state index is -2.74. The molecule has 20 heteroatoms. The van der Waals surface area contributed by atoms with E-state index in [-0.39, 0.29) is 42.7 Å². The van der Waals surface area contributed by atoms with Crippen molar-refractivity contribution in [1.29, 1.82) is 5.26 Å². The summed E-state index contributed by atoms with van der Waals surface area (Å²) in [6.07, 6.45) is 0.611. The molecule has 2 amide bonds. The predicted molar refractivity (Wildman–Crippen MR) is 332 cm³/mol. The van der Waals surface area contributed by atoms with E-state index in [2.05, 4.69) is 115 Å². The Morgan fingerprint density at radius 1 is 0.807 bits per heavy atom. The third kappa shape index (κ3) is 16.0. The number of fused-ring (bicyclic) bond motifs is 1. The minimum Gasteiger partial charge on any atom is -0.497 e. The molecule has 0 spiro atoms. The second-order valence-corrected chi connectivity index (χ2v) is 35.9. The average Bonchev–Trinajstić information content (AvgIpc) is 2.08. The van der Waals surface area contributed by atoms with Crippen molar-refractivity contribution in [2.24, 2.45) is 0 Å². The number of nitrogens with zero attached hydrogens (tertiary/aromatic N) is 5. The molecule has 1 aliphatic heterocycles. The summed E-state index contributed by atoms with van der Waals surface area (Å²) in [5.74, 6) is 1.35. The third-order valence-electron chi connectivity index (χ3n) is 15.2. The van der Waals surface area contributed by atoms with Crippen molar-refractivity contribution in [3.8, 4) is 17.6 Å². The van der Waals surface area contributed by atoms with Crippen molar-refractivity contribution in [3.05, 3.63) is 150 Å². The van der Waals surface area contributed by atoms with Crippen LogP contribution in [0.1, 0.15) is 100 Å². The highest BCUT2D eigenvalue weighted by molar-refractivity contribution is 7.44. The van der Waals surface area contributed by atoms with Crippen LogP contribution in [0.5, 0.6) is 11.5 Å². The Morgan fingerprint density at radius 2 is 1.40 bits per heavy atom. The molecule has 0 aliphatic carbocycles. The monoisotopic (exact) mass is 1190 g/mol. The van der Waals surface area contributed by atoms with E-state index in [1.807, 2.05) is 95.7 Å². The van der Waals surface area contributed by atoms with Crippen molar-refractivity contribution in [3.63, 3.8) is 0 Å².